The van der Waals surface area contributed by atoms with Crippen LogP contribution in [-0.2, 0) is 25.7 Å². The van der Waals surface area contributed by atoms with Crippen molar-refractivity contribution in [1.29, 1.82) is 0 Å². The monoisotopic (exact) mass is 444 g/mol. The van der Waals surface area contributed by atoms with E-state index < -0.39 is 28.9 Å². The summed E-state index contributed by atoms with van der Waals surface area (Å²) in [6, 6.07) is 10.6. The summed E-state index contributed by atoms with van der Waals surface area (Å²) >= 11 is 0. The molecule has 12 heteroatoms. The number of non-ortho nitro benzene ring substituents is 1. The van der Waals surface area contributed by atoms with Gasteiger partial charge in [-0.2, -0.15) is 0 Å². The van der Waals surface area contributed by atoms with E-state index in [0.29, 0.717) is 17.7 Å². The molecule has 0 saturated heterocycles. The Morgan fingerprint density at radius 1 is 1.09 bits per heavy atom. The fourth-order valence-electron chi connectivity index (χ4n) is 2.29. The van der Waals surface area contributed by atoms with Crippen molar-refractivity contribution in [2.24, 2.45) is 0 Å². The first-order valence-corrected chi connectivity index (χ1v) is 9.23. The lowest BCUT2D eigenvalue weighted by Crippen LogP contribution is -2.44. The van der Waals surface area contributed by atoms with Crippen LogP contribution >= 0.6 is 0 Å². The highest BCUT2D eigenvalue weighted by molar-refractivity contribution is 5.95. The lowest BCUT2D eigenvalue weighted by atomic mass is 10.2. The van der Waals surface area contributed by atoms with Crippen LogP contribution in [0.3, 0.4) is 0 Å². The standard InChI is InChI=1S/C20H20N4O8/c1-13(22-12-25)19(27)21-10-18(26)23-15-4-2-14(3-5-15)11-31-20(28)32-17-8-6-16(7-9-17)24(29)30/h2-9,12-13H,10-11H2,1H3,(H,21,27)(H,22,25)(H,23,26). The molecule has 1 atom stereocenters. The minimum atomic E-state index is -0.981. The number of nitrogens with one attached hydrogen (secondary N) is 3. The van der Waals surface area contributed by atoms with Gasteiger partial charge in [0.15, 0.2) is 0 Å². The Morgan fingerprint density at radius 3 is 2.34 bits per heavy atom. The zero-order chi connectivity index (χ0) is 23.5. The SMILES string of the molecule is CC(NC=O)C(=O)NCC(=O)Nc1ccc(COC(=O)Oc2ccc([N+](=O)[O-])cc2)cc1. The quantitative estimate of drug-likeness (QED) is 0.163. The van der Waals surface area contributed by atoms with Gasteiger partial charge in [0, 0.05) is 17.8 Å². The Bertz CT molecular complexity index is 976. The molecule has 2 aromatic rings. The summed E-state index contributed by atoms with van der Waals surface area (Å²) in [7, 11) is 0. The van der Waals surface area contributed by atoms with E-state index in [4.69, 9.17) is 9.47 Å². The maximum atomic E-state index is 11.9. The first-order chi connectivity index (χ1) is 15.3. The van der Waals surface area contributed by atoms with Crippen molar-refractivity contribution >= 4 is 35.8 Å². The maximum absolute atomic E-state index is 11.9. The molecule has 168 valence electrons. The predicted octanol–water partition coefficient (Wildman–Crippen LogP) is 1.50. The summed E-state index contributed by atoms with van der Waals surface area (Å²) < 4.78 is 9.90. The molecule has 0 aliphatic carbocycles. The number of ether oxygens (including phenoxy) is 2. The Labute approximate surface area is 182 Å². The topological polar surface area (TPSA) is 166 Å². The highest BCUT2D eigenvalue weighted by Crippen LogP contribution is 2.18. The largest absolute Gasteiger partial charge is 0.514 e. The number of hydrogen-bond donors (Lipinski definition) is 3. The van der Waals surface area contributed by atoms with Crippen LogP contribution in [0.5, 0.6) is 5.75 Å². The molecule has 0 spiro atoms. The van der Waals surface area contributed by atoms with Crippen LogP contribution in [0.25, 0.3) is 0 Å². The summed E-state index contributed by atoms with van der Waals surface area (Å²) in [5, 5.41) is 17.8. The molecular weight excluding hydrogens is 424 g/mol. The van der Waals surface area contributed by atoms with Crippen LogP contribution < -0.4 is 20.7 Å². The van der Waals surface area contributed by atoms with E-state index in [1.165, 1.54) is 31.2 Å². The van der Waals surface area contributed by atoms with Gasteiger partial charge in [0.2, 0.25) is 18.2 Å². The zero-order valence-electron chi connectivity index (χ0n) is 16.9. The number of nitrogens with zero attached hydrogens (tertiary/aromatic N) is 1. The van der Waals surface area contributed by atoms with Crippen molar-refractivity contribution in [2.45, 2.75) is 19.6 Å². The highest BCUT2D eigenvalue weighted by Gasteiger charge is 2.13. The second-order valence-electron chi connectivity index (χ2n) is 6.36. The van der Waals surface area contributed by atoms with E-state index in [9.17, 15) is 29.3 Å². The summed E-state index contributed by atoms with van der Waals surface area (Å²) in [6.45, 7) is 1.10. The van der Waals surface area contributed by atoms with Gasteiger partial charge in [-0.15, -0.1) is 0 Å². The van der Waals surface area contributed by atoms with E-state index in [0.717, 1.165) is 0 Å². The van der Waals surface area contributed by atoms with E-state index in [1.54, 1.807) is 24.3 Å². The Morgan fingerprint density at radius 2 is 1.75 bits per heavy atom. The van der Waals surface area contributed by atoms with Gasteiger partial charge in [0.1, 0.15) is 18.4 Å². The number of nitro benzene ring substituents is 1. The second kappa shape index (κ2) is 11.6. The van der Waals surface area contributed by atoms with Crippen molar-refractivity contribution in [3.63, 3.8) is 0 Å². The molecule has 2 rings (SSSR count). The zero-order valence-corrected chi connectivity index (χ0v) is 16.9. The van der Waals surface area contributed by atoms with Gasteiger partial charge in [-0.25, -0.2) is 4.79 Å². The molecule has 32 heavy (non-hydrogen) atoms. The van der Waals surface area contributed by atoms with Crippen LogP contribution in [0.1, 0.15) is 12.5 Å². The van der Waals surface area contributed by atoms with E-state index in [2.05, 4.69) is 16.0 Å². The van der Waals surface area contributed by atoms with Crippen molar-refractivity contribution in [3.05, 3.63) is 64.2 Å². The molecule has 2 aromatic carbocycles. The van der Waals surface area contributed by atoms with Crippen molar-refractivity contribution < 1.29 is 33.6 Å². The van der Waals surface area contributed by atoms with Crippen LogP contribution in [-0.4, -0.2) is 41.9 Å². The van der Waals surface area contributed by atoms with Gasteiger partial charge >= 0.3 is 6.16 Å². The summed E-state index contributed by atoms with van der Waals surface area (Å²) in [5.74, 6) is -0.866. The number of nitro groups is 1. The van der Waals surface area contributed by atoms with Crippen LogP contribution in [0.15, 0.2) is 48.5 Å². The molecule has 0 aromatic heterocycles. The molecule has 0 saturated carbocycles. The molecule has 0 aliphatic heterocycles. The van der Waals surface area contributed by atoms with Crippen LogP contribution in [0, 0.1) is 10.1 Å². The smallest absolute Gasteiger partial charge is 0.429 e. The average molecular weight is 444 g/mol. The Kier molecular flexibility index (Phi) is 8.66. The molecule has 0 heterocycles. The molecule has 0 fully saturated rings. The lowest BCUT2D eigenvalue weighted by Gasteiger charge is -2.11. The molecule has 0 aliphatic rings. The van der Waals surface area contributed by atoms with Gasteiger partial charge < -0.3 is 25.4 Å². The molecule has 3 N–H and O–H groups in total. The molecule has 0 radical (unpaired) electrons. The summed E-state index contributed by atoms with van der Waals surface area (Å²) in [4.78, 5) is 55.6. The third-order valence-corrected chi connectivity index (χ3v) is 3.98. The summed E-state index contributed by atoms with van der Waals surface area (Å²) in [6.07, 6.45) is -0.587. The summed E-state index contributed by atoms with van der Waals surface area (Å²) in [5.41, 5.74) is 0.941. The number of amides is 3. The number of benzene rings is 2. The lowest BCUT2D eigenvalue weighted by molar-refractivity contribution is -0.384. The highest BCUT2D eigenvalue weighted by atomic mass is 16.7. The first kappa shape index (κ1) is 23.8. The van der Waals surface area contributed by atoms with Gasteiger partial charge in [0.05, 0.1) is 11.5 Å². The molecule has 0 bridgehead atoms. The fourth-order valence-corrected chi connectivity index (χ4v) is 2.29. The number of carbonyl (C=O) groups excluding carboxylic acids is 4. The number of hydrogen-bond acceptors (Lipinski definition) is 8. The average Bonchev–Trinajstić information content (AvgIpc) is 2.77. The predicted molar refractivity (Wildman–Crippen MR) is 111 cm³/mol. The number of carbonyl (C=O) groups is 4. The van der Waals surface area contributed by atoms with Crippen LogP contribution in [0.2, 0.25) is 0 Å². The van der Waals surface area contributed by atoms with E-state index in [1.807, 2.05) is 0 Å². The minimum absolute atomic E-state index is 0.0992. The Balaban J connectivity index is 1.75. The van der Waals surface area contributed by atoms with Gasteiger partial charge in [-0.1, -0.05) is 12.1 Å². The molecule has 3 amide bonds. The number of rotatable bonds is 10. The first-order valence-electron chi connectivity index (χ1n) is 9.23. The van der Waals surface area contributed by atoms with Gasteiger partial charge in [-0.05, 0) is 36.8 Å². The molecule has 1 unspecified atom stereocenters. The molecule has 12 nitrogen and oxygen atoms in total. The maximum Gasteiger partial charge on any atom is 0.514 e. The third-order valence-electron chi connectivity index (χ3n) is 3.98. The van der Waals surface area contributed by atoms with Crippen molar-refractivity contribution in [1.82, 2.24) is 10.6 Å². The Hall–Kier alpha value is -4.48. The van der Waals surface area contributed by atoms with Crippen LogP contribution in [0.4, 0.5) is 16.2 Å². The van der Waals surface area contributed by atoms with Gasteiger partial charge in [-0.3, -0.25) is 24.5 Å². The third kappa shape index (κ3) is 7.74. The minimum Gasteiger partial charge on any atom is -0.429 e. The molecular formula is C20H20N4O8. The number of anilines is 1. The van der Waals surface area contributed by atoms with Crippen molar-refractivity contribution in [2.75, 3.05) is 11.9 Å². The van der Waals surface area contributed by atoms with Crippen molar-refractivity contribution in [3.8, 4) is 5.75 Å². The fraction of sp³-hybridized carbons (Fsp3) is 0.200. The van der Waals surface area contributed by atoms with E-state index >= 15 is 0 Å². The van der Waals surface area contributed by atoms with Gasteiger partial charge in [0.25, 0.3) is 5.69 Å². The second-order valence-corrected chi connectivity index (χ2v) is 6.36. The van der Waals surface area contributed by atoms with E-state index in [-0.39, 0.29) is 24.6 Å². The normalized spacial score (nSPS) is 10.9.